The molecule has 0 fully saturated rings. The molecule has 0 bridgehead atoms. The van der Waals surface area contributed by atoms with Gasteiger partial charge >= 0.3 is 5.97 Å². The average Bonchev–Trinajstić information content (AvgIpc) is 2.14. The van der Waals surface area contributed by atoms with Crippen LogP contribution in [0.3, 0.4) is 0 Å². The summed E-state index contributed by atoms with van der Waals surface area (Å²) in [5.41, 5.74) is 0.501. The molecule has 0 saturated heterocycles. The lowest BCUT2D eigenvalue weighted by molar-refractivity contribution is -0.142. The van der Waals surface area contributed by atoms with E-state index in [0.717, 1.165) is 12.1 Å². The second-order valence-electron chi connectivity index (χ2n) is 7.34. The van der Waals surface area contributed by atoms with Gasteiger partial charge in [0, 0.05) is 59.0 Å². The van der Waals surface area contributed by atoms with Crippen molar-refractivity contribution in [1.82, 2.24) is 0 Å². The van der Waals surface area contributed by atoms with E-state index >= 15 is 0 Å². The molecule has 0 aliphatic rings. The van der Waals surface area contributed by atoms with Crippen LogP contribution in [0.1, 0.15) is 6.92 Å². The molecule has 2 nitrogen and oxygen atoms in total. The topological polar surface area (TPSA) is 26.3 Å². The van der Waals surface area contributed by atoms with Gasteiger partial charge in [-0.25, -0.2) is 4.79 Å². The summed E-state index contributed by atoms with van der Waals surface area (Å²) in [6, 6.07) is 2.10. The normalized spacial score (nSPS) is 11.7. The first-order valence-electron chi connectivity index (χ1n) is 6.41. The van der Waals surface area contributed by atoms with Gasteiger partial charge in [-0.3, -0.25) is 0 Å². The molecule has 0 atom stereocenters. The third kappa shape index (κ3) is 15.3. The number of halogens is 2. The van der Waals surface area contributed by atoms with Gasteiger partial charge in [-0.1, -0.05) is 45.9 Å². The van der Waals surface area contributed by atoms with E-state index in [4.69, 9.17) is 4.74 Å². The molecule has 0 aromatic carbocycles. The van der Waals surface area contributed by atoms with Gasteiger partial charge in [-0.15, -0.1) is 0 Å². The number of carbonyl (C=O) groups is 1. The lowest BCUT2D eigenvalue weighted by Gasteiger charge is -2.29. The molecule has 6 heteroatoms. The Hall–Kier alpha value is 1.10. The highest BCUT2D eigenvalue weighted by atomic mass is 128. The molecule has 0 unspecified atom stereocenters. The average molecular weight is 526 g/mol. The van der Waals surface area contributed by atoms with Crippen LogP contribution in [-0.4, -0.2) is 28.2 Å². The Balaban J connectivity index is 0. The van der Waals surface area contributed by atoms with Gasteiger partial charge in [-0.2, -0.15) is 0 Å². The molecular weight excluding hydrogens is 498 g/mol. The summed E-state index contributed by atoms with van der Waals surface area (Å²) >= 11 is 4.24. The SMILES string of the molecule is C=C(C)C(=O)OC(C[Si](C)(C)C)C[Si](C)(C)C.II. The molecule has 0 N–H and O–H groups in total. The predicted octanol–water partition coefficient (Wildman–Crippen LogP) is 5.92. The Morgan fingerprint density at radius 1 is 1.05 bits per heavy atom. The Bertz CT molecular complexity index is 278. The minimum absolute atomic E-state index is 0.0949. The van der Waals surface area contributed by atoms with Crippen LogP contribution in [0.15, 0.2) is 12.2 Å². The second kappa shape index (κ2) is 9.94. The summed E-state index contributed by atoms with van der Waals surface area (Å²) in [6.07, 6.45) is 0.0949. The maximum absolute atomic E-state index is 11.6. The molecule has 0 aromatic heterocycles. The van der Waals surface area contributed by atoms with Crippen molar-refractivity contribution < 1.29 is 9.53 Å². The van der Waals surface area contributed by atoms with Crippen molar-refractivity contribution in [3.05, 3.63) is 12.2 Å². The van der Waals surface area contributed by atoms with Gasteiger partial charge in [0.1, 0.15) is 0 Å². The van der Waals surface area contributed by atoms with Crippen molar-refractivity contribution in [3.63, 3.8) is 0 Å². The lowest BCUT2D eigenvalue weighted by atomic mass is 10.3. The van der Waals surface area contributed by atoms with Crippen LogP contribution >= 0.6 is 37.2 Å². The van der Waals surface area contributed by atoms with E-state index in [2.05, 4.69) is 83.1 Å². The molecule has 0 saturated carbocycles. The van der Waals surface area contributed by atoms with E-state index in [9.17, 15) is 4.79 Å². The zero-order chi connectivity index (χ0) is 15.9. The van der Waals surface area contributed by atoms with Gasteiger partial charge in [0.25, 0.3) is 0 Å². The summed E-state index contributed by atoms with van der Waals surface area (Å²) in [6.45, 7) is 19.3. The smallest absolute Gasteiger partial charge is 0.333 e. The standard InChI is InChI=1S/C13H28O2Si2.I2/c1-11(2)13(14)15-12(9-16(3,4)5)10-17(6,7)8;1-2/h12H,1,9-10H2,2-8H3;. The van der Waals surface area contributed by atoms with E-state index in [-0.39, 0.29) is 12.1 Å². The first-order valence-corrected chi connectivity index (χ1v) is 20.1. The van der Waals surface area contributed by atoms with Crippen LogP contribution in [0.2, 0.25) is 51.4 Å². The quantitative estimate of drug-likeness (QED) is 0.186. The number of rotatable bonds is 6. The van der Waals surface area contributed by atoms with Gasteiger partial charge in [0.2, 0.25) is 0 Å². The van der Waals surface area contributed by atoms with Gasteiger partial charge < -0.3 is 4.74 Å². The van der Waals surface area contributed by atoms with Crippen LogP contribution in [0.25, 0.3) is 0 Å². The zero-order valence-electron chi connectivity index (χ0n) is 13.3. The van der Waals surface area contributed by atoms with Crippen molar-refractivity contribution in [1.29, 1.82) is 0 Å². The highest BCUT2D eigenvalue weighted by molar-refractivity contribution is 15.0. The van der Waals surface area contributed by atoms with Gasteiger partial charge in [0.15, 0.2) is 0 Å². The molecule has 0 rings (SSSR count). The summed E-state index contributed by atoms with van der Waals surface area (Å²) in [5, 5.41) is 0. The maximum Gasteiger partial charge on any atom is 0.333 e. The first kappa shape index (κ1) is 22.4. The van der Waals surface area contributed by atoms with Crippen LogP contribution in [-0.2, 0) is 9.53 Å². The maximum atomic E-state index is 11.6. The van der Waals surface area contributed by atoms with Gasteiger partial charge in [-0.05, 0) is 19.0 Å². The Morgan fingerprint density at radius 3 is 1.58 bits per heavy atom. The third-order valence-corrected chi connectivity index (χ3v) is 5.66. The van der Waals surface area contributed by atoms with E-state index in [1.54, 1.807) is 6.92 Å². The number of ether oxygens (including phenoxy) is 1. The number of hydrogen-bond donors (Lipinski definition) is 0. The number of hydrogen-bond acceptors (Lipinski definition) is 2. The summed E-state index contributed by atoms with van der Waals surface area (Å²) < 4.78 is 5.59. The molecule has 0 heterocycles. The molecule has 0 aromatic rings. The third-order valence-electron chi connectivity index (χ3n) is 2.30. The fourth-order valence-corrected chi connectivity index (χ4v) is 5.25. The highest BCUT2D eigenvalue weighted by Gasteiger charge is 2.28. The summed E-state index contributed by atoms with van der Waals surface area (Å²) in [5.74, 6) is -0.230. The van der Waals surface area contributed by atoms with Crippen LogP contribution in [0, 0.1) is 0 Å². The lowest BCUT2D eigenvalue weighted by Crippen LogP contribution is -2.35. The van der Waals surface area contributed by atoms with E-state index < -0.39 is 16.1 Å². The molecule has 0 aliphatic carbocycles. The van der Waals surface area contributed by atoms with Gasteiger partial charge in [0.05, 0.1) is 6.10 Å². The molecule has 0 spiro atoms. The fourth-order valence-electron chi connectivity index (χ4n) is 1.77. The first-order chi connectivity index (χ1) is 8.41. The van der Waals surface area contributed by atoms with Crippen LogP contribution in [0.4, 0.5) is 0 Å². The Labute approximate surface area is 144 Å². The Morgan fingerprint density at radius 2 is 1.37 bits per heavy atom. The van der Waals surface area contributed by atoms with E-state index in [1.807, 2.05) is 0 Å². The number of esters is 1. The fraction of sp³-hybridized carbons (Fsp3) is 0.769. The summed E-state index contributed by atoms with van der Waals surface area (Å²) in [4.78, 5) is 11.6. The van der Waals surface area contributed by atoms with Crippen molar-refractivity contribution in [2.45, 2.75) is 64.4 Å². The molecule has 0 radical (unpaired) electrons. The molecular formula is C13H28I2O2Si2. The van der Waals surface area contributed by atoms with Crippen molar-refractivity contribution in [2.24, 2.45) is 0 Å². The van der Waals surface area contributed by atoms with E-state index in [1.165, 1.54) is 0 Å². The molecule has 114 valence electrons. The van der Waals surface area contributed by atoms with Crippen LogP contribution < -0.4 is 0 Å². The zero-order valence-corrected chi connectivity index (χ0v) is 19.6. The highest BCUT2D eigenvalue weighted by Crippen LogP contribution is 2.23. The van der Waals surface area contributed by atoms with E-state index in [0.29, 0.717) is 5.57 Å². The predicted molar refractivity (Wildman–Crippen MR) is 109 cm³/mol. The summed E-state index contributed by atoms with van der Waals surface area (Å²) in [7, 11) is -2.41. The second-order valence-corrected chi connectivity index (χ2v) is 18.4. The molecule has 0 aliphatic heterocycles. The Kier molecular flexibility index (Phi) is 11.7. The molecule has 19 heavy (non-hydrogen) atoms. The van der Waals surface area contributed by atoms with Crippen molar-refractivity contribution >= 4 is 59.3 Å². The largest absolute Gasteiger partial charge is 0.460 e. The number of carbonyl (C=O) groups excluding carboxylic acids is 1. The van der Waals surface area contributed by atoms with Crippen molar-refractivity contribution in [2.75, 3.05) is 0 Å². The minimum atomic E-state index is -1.21. The van der Waals surface area contributed by atoms with Crippen LogP contribution in [0.5, 0.6) is 0 Å². The van der Waals surface area contributed by atoms with Crippen molar-refractivity contribution in [3.8, 4) is 0 Å². The molecule has 0 amide bonds. The minimum Gasteiger partial charge on any atom is -0.460 e. The monoisotopic (exact) mass is 526 g/mol.